The van der Waals surface area contributed by atoms with Gasteiger partial charge >= 0.3 is 0 Å². The van der Waals surface area contributed by atoms with E-state index in [1.54, 1.807) is 0 Å². The monoisotopic (exact) mass is 338 g/mol. The summed E-state index contributed by atoms with van der Waals surface area (Å²) in [7, 11) is 0. The van der Waals surface area contributed by atoms with E-state index in [0.717, 1.165) is 11.8 Å². The van der Waals surface area contributed by atoms with E-state index in [1.807, 2.05) is 0 Å². The van der Waals surface area contributed by atoms with Crippen molar-refractivity contribution in [3.63, 3.8) is 0 Å². The average molecular weight is 339 g/mol. The molecule has 0 aliphatic carbocycles. The van der Waals surface area contributed by atoms with Gasteiger partial charge in [0.25, 0.3) is 0 Å². The lowest BCUT2D eigenvalue weighted by Crippen LogP contribution is -2.07. The Hall–Kier alpha value is 0. The first kappa shape index (κ1) is 24.0. The highest BCUT2D eigenvalue weighted by Crippen LogP contribution is 2.27. The summed E-state index contributed by atoms with van der Waals surface area (Å²) in [6.07, 6.45) is 26.2. The van der Waals surface area contributed by atoms with Crippen molar-refractivity contribution in [3.8, 4) is 0 Å². The van der Waals surface area contributed by atoms with Crippen LogP contribution < -0.4 is 0 Å². The maximum atomic E-state index is 2.51. The van der Waals surface area contributed by atoms with Gasteiger partial charge in [0.15, 0.2) is 0 Å². The second-order valence-electron chi connectivity index (χ2n) is 8.46. The van der Waals surface area contributed by atoms with Crippen LogP contribution in [-0.2, 0) is 0 Å². The van der Waals surface area contributed by atoms with Gasteiger partial charge in [0.05, 0.1) is 0 Å². The van der Waals surface area contributed by atoms with Gasteiger partial charge in [-0.15, -0.1) is 0 Å². The molecular weight excluding hydrogens is 288 g/mol. The van der Waals surface area contributed by atoms with Crippen molar-refractivity contribution >= 4 is 0 Å². The molecule has 2 unspecified atom stereocenters. The summed E-state index contributed by atoms with van der Waals surface area (Å²) in [5.74, 6) is 1.98. The van der Waals surface area contributed by atoms with Crippen molar-refractivity contribution in [2.45, 2.75) is 143 Å². The van der Waals surface area contributed by atoms with Crippen LogP contribution in [0, 0.1) is 11.8 Å². The Morgan fingerprint density at radius 1 is 0.458 bits per heavy atom. The van der Waals surface area contributed by atoms with Gasteiger partial charge in [0.1, 0.15) is 0 Å². The number of hydrogen-bond acceptors (Lipinski definition) is 0. The molecule has 0 saturated carbocycles. The minimum atomic E-state index is 0.956. The third kappa shape index (κ3) is 16.8. The molecule has 0 heterocycles. The highest BCUT2D eigenvalue weighted by Gasteiger charge is 2.13. The van der Waals surface area contributed by atoms with Gasteiger partial charge < -0.3 is 0 Å². The molecule has 0 aromatic heterocycles. The van der Waals surface area contributed by atoms with Crippen molar-refractivity contribution < 1.29 is 0 Å². The van der Waals surface area contributed by atoms with E-state index in [9.17, 15) is 0 Å². The summed E-state index contributed by atoms with van der Waals surface area (Å²) >= 11 is 0. The van der Waals surface area contributed by atoms with Crippen LogP contribution >= 0.6 is 0 Å². The lowest BCUT2D eigenvalue weighted by molar-refractivity contribution is 0.315. The standard InChI is InChI=1S/C24H50/c1-5-8-11-13-14-15-16-18-21-24(20-10-7-3)22-23(4)19-17-12-9-6-2/h23-24H,5-22H2,1-4H3. The maximum Gasteiger partial charge on any atom is -0.0412 e. The van der Waals surface area contributed by atoms with E-state index in [2.05, 4.69) is 27.7 Å². The zero-order chi connectivity index (χ0) is 17.9. The van der Waals surface area contributed by atoms with Gasteiger partial charge in [-0.3, -0.25) is 0 Å². The van der Waals surface area contributed by atoms with Gasteiger partial charge in [-0.2, -0.15) is 0 Å². The van der Waals surface area contributed by atoms with E-state index in [-0.39, 0.29) is 0 Å². The molecular formula is C24H50. The number of hydrogen-bond donors (Lipinski definition) is 0. The molecule has 0 rings (SSSR count). The van der Waals surface area contributed by atoms with E-state index in [0.29, 0.717) is 0 Å². The molecule has 0 radical (unpaired) electrons. The van der Waals surface area contributed by atoms with E-state index in [4.69, 9.17) is 0 Å². The Bertz CT molecular complexity index is 220. The molecule has 0 nitrogen and oxygen atoms in total. The van der Waals surface area contributed by atoms with Crippen LogP contribution in [0.3, 0.4) is 0 Å². The fourth-order valence-corrected chi connectivity index (χ4v) is 4.05. The Morgan fingerprint density at radius 3 is 1.46 bits per heavy atom. The molecule has 0 aromatic carbocycles. The molecule has 2 atom stereocenters. The molecule has 0 N–H and O–H groups in total. The first-order valence-electron chi connectivity index (χ1n) is 11.7. The summed E-state index contributed by atoms with van der Waals surface area (Å²) < 4.78 is 0. The van der Waals surface area contributed by atoms with Crippen LogP contribution in [0.15, 0.2) is 0 Å². The molecule has 0 spiro atoms. The second kappa shape index (κ2) is 19.3. The van der Waals surface area contributed by atoms with Crippen molar-refractivity contribution in [2.24, 2.45) is 11.8 Å². The smallest absolute Gasteiger partial charge is 0.0412 e. The van der Waals surface area contributed by atoms with Crippen molar-refractivity contribution in [3.05, 3.63) is 0 Å². The molecule has 0 bridgehead atoms. The van der Waals surface area contributed by atoms with Crippen LogP contribution in [0.25, 0.3) is 0 Å². The zero-order valence-corrected chi connectivity index (χ0v) is 17.9. The molecule has 0 aliphatic heterocycles. The molecule has 146 valence electrons. The van der Waals surface area contributed by atoms with Crippen molar-refractivity contribution in [1.82, 2.24) is 0 Å². The summed E-state index contributed by atoms with van der Waals surface area (Å²) in [6.45, 7) is 9.48. The van der Waals surface area contributed by atoms with Gasteiger partial charge in [0, 0.05) is 0 Å². The molecule has 0 saturated heterocycles. The van der Waals surface area contributed by atoms with Crippen LogP contribution in [0.2, 0.25) is 0 Å². The molecule has 0 amide bonds. The van der Waals surface area contributed by atoms with E-state index >= 15 is 0 Å². The summed E-state index contributed by atoms with van der Waals surface area (Å²) in [5, 5.41) is 0. The molecule has 0 heteroatoms. The molecule has 24 heavy (non-hydrogen) atoms. The summed E-state index contributed by atoms with van der Waals surface area (Å²) in [4.78, 5) is 0. The van der Waals surface area contributed by atoms with Gasteiger partial charge in [0.2, 0.25) is 0 Å². The Labute approximate surface area is 155 Å². The first-order valence-corrected chi connectivity index (χ1v) is 11.7. The highest BCUT2D eigenvalue weighted by atomic mass is 14.2. The van der Waals surface area contributed by atoms with Crippen LogP contribution in [0.5, 0.6) is 0 Å². The average Bonchev–Trinajstić information content (AvgIpc) is 2.58. The third-order valence-electron chi connectivity index (χ3n) is 5.72. The van der Waals surface area contributed by atoms with Gasteiger partial charge in [-0.25, -0.2) is 0 Å². The molecule has 0 fully saturated rings. The SMILES string of the molecule is CCCCCCCCCCC(CCCC)CC(C)CCCCCC. The number of rotatable bonds is 19. The highest BCUT2D eigenvalue weighted by molar-refractivity contribution is 4.65. The minimum Gasteiger partial charge on any atom is -0.0654 e. The maximum absolute atomic E-state index is 2.51. The quantitative estimate of drug-likeness (QED) is 0.206. The molecule has 0 aliphatic rings. The molecule has 0 aromatic rings. The van der Waals surface area contributed by atoms with E-state index in [1.165, 1.54) is 116 Å². The Balaban J connectivity index is 3.75. The Kier molecular flexibility index (Phi) is 19.3. The van der Waals surface area contributed by atoms with Gasteiger partial charge in [-0.1, -0.05) is 137 Å². The van der Waals surface area contributed by atoms with Crippen molar-refractivity contribution in [2.75, 3.05) is 0 Å². The topological polar surface area (TPSA) is 0 Å². The fraction of sp³-hybridized carbons (Fsp3) is 1.00. The lowest BCUT2D eigenvalue weighted by atomic mass is 9.85. The summed E-state index contributed by atoms with van der Waals surface area (Å²) in [5.41, 5.74) is 0. The zero-order valence-electron chi connectivity index (χ0n) is 17.9. The number of unbranched alkanes of at least 4 members (excludes halogenated alkanes) is 11. The summed E-state index contributed by atoms with van der Waals surface area (Å²) in [6, 6.07) is 0. The lowest BCUT2D eigenvalue weighted by Gasteiger charge is -2.21. The Morgan fingerprint density at radius 2 is 0.875 bits per heavy atom. The van der Waals surface area contributed by atoms with Crippen molar-refractivity contribution in [1.29, 1.82) is 0 Å². The van der Waals surface area contributed by atoms with Gasteiger partial charge in [-0.05, 0) is 18.3 Å². The second-order valence-corrected chi connectivity index (χ2v) is 8.46. The largest absolute Gasteiger partial charge is 0.0654 e. The van der Waals surface area contributed by atoms with E-state index < -0.39 is 0 Å². The normalized spacial score (nSPS) is 14.0. The van der Waals surface area contributed by atoms with Crippen LogP contribution in [0.4, 0.5) is 0 Å². The predicted molar refractivity (Wildman–Crippen MR) is 113 cm³/mol. The first-order chi connectivity index (χ1) is 11.7. The van der Waals surface area contributed by atoms with Crippen LogP contribution in [0.1, 0.15) is 143 Å². The third-order valence-corrected chi connectivity index (χ3v) is 5.72. The predicted octanol–water partition coefficient (Wildman–Crippen LogP) is 9.32. The minimum absolute atomic E-state index is 0.956. The fourth-order valence-electron chi connectivity index (χ4n) is 4.05. The van der Waals surface area contributed by atoms with Crippen LogP contribution in [-0.4, -0.2) is 0 Å².